The Morgan fingerprint density at radius 1 is 0.818 bits per heavy atom. The molecule has 0 aliphatic heterocycles. The summed E-state index contributed by atoms with van der Waals surface area (Å²) in [6.45, 7) is 2.57. The number of hydrogen-bond donors (Lipinski definition) is 2. The standard InChI is InChI=1S/C28H29N3O2/c1-3-19-31(28(33)20-24-7-5-4-6-8-24)21-27(32)30-26-17-13-23(14-18-26)10-9-22-11-15-25(29-2)16-12-22/h4-8,11-18,29H,3,19-21H2,1-2H3,(H,30,32). The van der Waals surface area contributed by atoms with Gasteiger partial charge in [-0.3, -0.25) is 9.59 Å². The van der Waals surface area contributed by atoms with E-state index >= 15 is 0 Å². The molecule has 0 saturated carbocycles. The lowest BCUT2D eigenvalue weighted by Gasteiger charge is -2.21. The van der Waals surface area contributed by atoms with Gasteiger partial charge in [0.05, 0.1) is 13.0 Å². The summed E-state index contributed by atoms with van der Waals surface area (Å²) in [6.07, 6.45) is 1.08. The first-order valence-electron chi connectivity index (χ1n) is 11.1. The van der Waals surface area contributed by atoms with Gasteiger partial charge in [0.25, 0.3) is 0 Å². The van der Waals surface area contributed by atoms with Gasteiger partial charge in [0, 0.05) is 36.1 Å². The molecule has 0 unspecified atom stereocenters. The summed E-state index contributed by atoms with van der Waals surface area (Å²) in [5.74, 6) is 6.00. The van der Waals surface area contributed by atoms with Gasteiger partial charge >= 0.3 is 0 Å². The van der Waals surface area contributed by atoms with Crippen LogP contribution in [0, 0.1) is 11.8 Å². The van der Waals surface area contributed by atoms with Crippen LogP contribution in [0.2, 0.25) is 0 Å². The Labute approximate surface area is 195 Å². The van der Waals surface area contributed by atoms with E-state index in [4.69, 9.17) is 0 Å². The van der Waals surface area contributed by atoms with Crippen molar-refractivity contribution < 1.29 is 9.59 Å². The minimum absolute atomic E-state index is 0.0314. The Kier molecular flexibility index (Phi) is 8.67. The van der Waals surface area contributed by atoms with E-state index < -0.39 is 0 Å². The summed E-state index contributed by atoms with van der Waals surface area (Å²) in [7, 11) is 1.88. The lowest BCUT2D eigenvalue weighted by Crippen LogP contribution is -2.39. The number of hydrogen-bond acceptors (Lipinski definition) is 3. The summed E-state index contributed by atoms with van der Waals surface area (Å²) in [6, 6.07) is 24.9. The number of amides is 2. The Morgan fingerprint density at radius 2 is 1.39 bits per heavy atom. The van der Waals surface area contributed by atoms with E-state index in [2.05, 4.69) is 22.5 Å². The predicted octanol–water partition coefficient (Wildman–Crippen LogP) is 4.55. The monoisotopic (exact) mass is 439 g/mol. The zero-order valence-corrected chi connectivity index (χ0v) is 19.1. The molecule has 0 aliphatic carbocycles. The highest BCUT2D eigenvalue weighted by Gasteiger charge is 2.17. The van der Waals surface area contributed by atoms with Gasteiger partial charge in [-0.05, 0) is 60.5 Å². The molecule has 0 bridgehead atoms. The third-order valence-corrected chi connectivity index (χ3v) is 5.07. The molecule has 0 spiro atoms. The molecule has 0 aliphatic rings. The summed E-state index contributed by atoms with van der Waals surface area (Å²) >= 11 is 0. The molecule has 0 fully saturated rings. The smallest absolute Gasteiger partial charge is 0.243 e. The van der Waals surface area contributed by atoms with Gasteiger partial charge < -0.3 is 15.5 Å². The number of carbonyl (C=O) groups is 2. The largest absolute Gasteiger partial charge is 0.388 e. The molecular formula is C28H29N3O2. The molecular weight excluding hydrogens is 410 g/mol. The van der Waals surface area contributed by atoms with E-state index in [0.29, 0.717) is 18.7 Å². The highest BCUT2D eigenvalue weighted by molar-refractivity contribution is 5.94. The van der Waals surface area contributed by atoms with Crippen molar-refractivity contribution >= 4 is 23.2 Å². The summed E-state index contributed by atoms with van der Waals surface area (Å²) in [5.41, 5.74) is 4.45. The van der Waals surface area contributed by atoms with Crippen LogP contribution in [0.5, 0.6) is 0 Å². The van der Waals surface area contributed by atoms with Gasteiger partial charge in [0.2, 0.25) is 11.8 Å². The topological polar surface area (TPSA) is 61.4 Å². The van der Waals surface area contributed by atoms with Crippen LogP contribution in [0.15, 0.2) is 78.9 Å². The highest BCUT2D eigenvalue weighted by Crippen LogP contribution is 2.11. The maximum atomic E-state index is 12.7. The minimum Gasteiger partial charge on any atom is -0.388 e. The minimum atomic E-state index is -0.215. The fraction of sp³-hybridized carbons (Fsp3) is 0.214. The zero-order valence-electron chi connectivity index (χ0n) is 19.1. The van der Waals surface area contributed by atoms with Crippen molar-refractivity contribution in [2.24, 2.45) is 0 Å². The van der Waals surface area contributed by atoms with Crippen LogP contribution in [0.4, 0.5) is 11.4 Å². The zero-order chi connectivity index (χ0) is 23.5. The number of anilines is 2. The van der Waals surface area contributed by atoms with Crippen LogP contribution in [0.25, 0.3) is 0 Å². The summed E-state index contributed by atoms with van der Waals surface area (Å²) in [4.78, 5) is 26.9. The average Bonchev–Trinajstić information content (AvgIpc) is 2.84. The highest BCUT2D eigenvalue weighted by atomic mass is 16.2. The quantitative estimate of drug-likeness (QED) is 0.506. The van der Waals surface area contributed by atoms with E-state index in [1.54, 1.807) is 4.90 Å². The second-order valence-electron chi connectivity index (χ2n) is 7.68. The molecule has 0 heterocycles. The first-order valence-corrected chi connectivity index (χ1v) is 11.1. The van der Waals surface area contributed by atoms with E-state index in [1.165, 1.54) is 0 Å². The van der Waals surface area contributed by atoms with Gasteiger partial charge in [-0.25, -0.2) is 0 Å². The van der Waals surface area contributed by atoms with Crippen LogP contribution in [-0.4, -0.2) is 36.9 Å². The van der Waals surface area contributed by atoms with Crippen LogP contribution in [-0.2, 0) is 16.0 Å². The molecule has 0 aromatic heterocycles. The molecule has 3 rings (SSSR count). The summed E-state index contributed by atoms with van der Waals surface area (Å²) < 4.78 is 0. The van der Waals surface area contributed by atoms with Crippen molar-refractivity contribution in [2.45, 2.75) is 19.8 Å². The lowest BCUT2D eigenvalue weighted by molar-refractivity contribution is -0.134. The molecule has 2 N–H and O–H groups in total. The second kappa shape index (κ2) is 12.1. The lowest BCUT2D eigenvalue weighted by atomic mass is 10.1. The van der Waals surface area contributed by atoms with E-state index in [0.717, 1.165) is 28.8 Å². The molecule has 168 valence electrons. The first-order chi connectivity index (χ1) is 16.1. The third kappa shape index (κ3) is 7.55. The molecule has 5 nitrogen and oxygen atoms in total. The van der Waals surface area contributed by atoms with Crippen molar-refractivity contribution in [3.63, 3.8) is 0 Å². The van der Waals surface area contributed by atoms with Crippen molar-refractivity contribution in [3.05, 3.63) is 95.6 Å². The molecule has 0 atom stereocenters. The Morgan fingerprint density at radius 3 is 1.94 bits per heavy atom. The number of nitrogens with one attached hydrogen (secondary N) is 2. The van der Waals surface area contributed by atoms with Crippen molar-refractivity contribution in [1.29, 1.82) is 0 Å². The van der Waals surface area contributed by atoms with Gasteiger partial charge in [-0.1, -0.05) is 49.1 Å². The first kappa shape index (κ1) is 23.6. The second-order valence-corrected chi connectivity index (χ2v) is 7.68. The fourth-order valence-corrected chi connectivity index (χ4v) is 3.32. The predicted molar refractivity (Wildman–Crippen MR) is 134 cm³/mol. The van der Waals surface area contributed by atoms with Gasteiger partial charge in [-0.2, -0.15) is 0 Å². The average molecular weight is 440 g/mol. The van der Waals surface area contributed by atoms with Crippen LogP contribution in [0.1, 0.15) is 30.0 Å². The number of benzene rings is 3. The van der Waals surface area contributed by atoms with Crippen molar-refractivity contribution in [2.75, 3.05) is 30.8 Å². The number of carbonyl (C=O) groups excluding carboxylic acids is 2. The Balaban J connectivity index is 1.56. The maximum absolute atomic E-state index is 12.7. The molecule has 5 heteroatoms. The Bertz CT molecular complexity index is 1110. The van der Waals surface area contributed by atoms with Crippen LogP contribution < -0.4 is 10.6 Å². The molecule has 3 aromatic carbocycles. The Hall–Kier alpha value is -4.04. The molecule has 33 heavy (non-hydrogen) atoms. The van der Waals surface area contributed by atoms with E-state index in [9.17, 15) is 9.59 Å². The van der Waals surface area contributed by atoms with Crippen LogP contribution in [0.3, 0.4) is 0 Å². The number of nitrogens with zero attached hydrogens (tertiary/aromatic N) is 1. The molecule has 2 amide bonds. The maximum Gasteiger partial charge on any atom is 0.243 e. The van der Waals surface area contributed by atoms with E-state index in [1.807, 2.05) is 92.8 Å². The van der Waals surface area contributed by atoms with Gasteiger partial charge in [-0.15, -0.1) is 0 Å². The molecule has 0 saturated heterocycles. The SMILES string of the molecule is CCCN(CC(=O)Nc1ccc(C#Cc2ccc(NC)cc2)cc1)C(=O)Cc1ccccc1. The molecule has 0 radical (unpaired) electrons. The van der Waals surface area contributed by atoms with Crippen molar-refractivity contribution in [1.82, 2.24) is 4.90 Å². The van der Waals surface area contributed by atoms with Crippen molar-refractivity contribution in [3.8, 4) is 11.8 Å². The fourth-order valence-electron chi connectivity index (χ4n) is 3.32. The van der Waals surface area contributed by atoms with Gasteiger partial charge in [0.15, 0.2) is 0 Å². The van der Waals surface area contributed by atoms with Gasteiger partial charge in [0.1, 0.15) is 0 Å². The summed E-state index contributed by atoms with van der Waals surface area (Å²) in [5, 5.41) is 5.96. The number of rotatable bonds is 8. The normalized spacial score (nSPS) is 10.0. The van der Waals surface area contributed by atoms with E-state index in [-0.39, 0.29) is 18.4 Å². The van der Waals surface area contributed by atoms with Crippen LogP contribution >= 0.6 is 0 Å². The third-order valence-electron chi connectivity index (χ3n) is 5.07. The molecule has 3 aromatic rings.